The van der Waals surface area contributed by atoms with E-state index in [1.165, 1.54) is 5.57 Å². The van der Waals surface area contributed by atoms with Crippen molar-refractivity contribution in [3.63, 3.8) is 0 Å². The third kappa shape index (κ3) is 8.60. The summed E-state index contributed by atoms with van der Waals surface area (Å²) < 4.78 is 37.6. The van der Waals surface area contributed by atoms with Crippen LogP contribution in [0.1, 0.15) is 138 Å². The smallest absolute Gasteiger partial charge is 0.306 e. The van der Waals surface area contributed by atoms with Crippen LogP contribution >= 0.6 is 0 Å². The Labute approximate surface area is 329 Å². The molecule has 312 valence electrons. The van der Waals surface area contributed by atoms with Crippen LogP contribution in [0, 0.1) is 29.6 Å². The van der Waals surface area contributed by atoms with Gasteiger partial charge in [-0.2, -0.15) is 0 Å². The fourth-order valence-electron chi connectivity index (χ4n) is 12.1. The van der Waals surface area contributed by atoms with Crippen molar-refractivity contribution in [2.24, 2.45) is 35.3 Å². The van der Waals surface area contributed by atoms with Crippen LogP contribution in [0.25, 0.3) is 0 Å². The number of hydrogen-bond donors (Lipinski definition) is 3. The lowest BCUT2D eigenvalue weighted by Crippen LogP contribution is -2.62. The number of fused-ring (bicyclic) bond motifs is 1. The van der Waals surface area contributed by atoms with Crippen molar-refractivity contribution in [1.82, 2.24) is 5.32 Å². The second-order valence-corrected chi connectivity index (χ2v) is 19.6. The lowest BCUT2D eigenvalue weighted by molar-refractivity contribution is -0.189. The summed E-state index contributed by atoms with van der Waals surface area (Å²) in [6.07, 6.45) is 13.5. The largest absolute Gasteiger partial charge is 0.462 e. The Morgan fingerprint density at radius 3 is 2.05 bits per heavy atom. The van der Waals surface area contributed by atoms with Crippen LogP contribution in [0.4, 0.5) is 0 Å². The average Bonchev–Trinajstić information content (AvgIpc) is 4.04. The number of rotatable bonds is 13. The van der Waals surface area contributed by atoms with Crippen molar-refractivity contribution in [2.75, 3.05) is 20.3 Å². The summed E-state index contributed by atoms with van der Waals surface area (Å²) in [6.45, 7) is 13.8. The van der Waals surface area contributed by atoms with Crippen LogP contribution in [-0.4, -0.2) is 102 Å². The lowest BCUT2D eigenvalue weighted by Gasteiger charge is -2.48. The number of aliphatic hydroxyl groups is 1. The standard InChI is InChI=1S/C44H72N2O9/c1-26(2)8-17-35-42(6,55-35)39-27(3)33(18-21-44(39)25-51-44)52-36(47)23-30-11-15-32(16-12-30)46-24-43-20-19-34(38(50-7)40(43)41(5,49)28(4)54-43)53-37(48)22-29-9-13-31(45)14-10-29/h8,27-35,38-40,46,49H,9-25,45H2,1-7H3/t27?,28?,29?,30?,31?,32?,33?,34?,35-,38?,39?,40?,41?,42?,43?,44+/m1/s1. The molecule has 1 spiro atoms. The van der Waals surface area contributed by atoms with Crippen molar-refractivity contribution in [3.05, 3.63) is 11.6 Å². The van der Waals surface area contributed by atoms with Gasteiger partial charge in [-0.3, -0.25) is 9.59 Å². The molecule has 11 nitrogen and oxygen atoms in total. The molecule has 3 aliphatic heterocycles. The molecule has 4 saturated carbocycles. The van der Waals surface area contributed by atoms with Crippen molar-refractivity contribution in [3.8, 4) is 0 Å². The maximum atomic E-state index is 13.4. The Morgan fingerprint density at radius 1 is 0.855 bits per heavy atom. The van der Waals surface area contributed by atoms with E-state index >= 15 is 0 Å². The van der Waals surface area contributed by atoms with Gasteiger partial charge in [0.1, 0.15) is 18.3 Å². The lowest BCUT2D eigenvalue weighted by atomic mass is 9.64. The zero-order valence-corrected chi connectivity index (χ0v) is 34.8. The van der Waals surface area contributed by atoms with Crippen LogP contribution in [-0.2, 0) is 38.0 Å². The molecule has 0 amide bonds. The van der Waals surface area contributed by atoms with Gasteiger partial charge in [0.25, 0.3) is 0 Å². The summed E-state index contributed by atoms with van der Waals surface area (Å²) >= 11 is 0. The molecular formula is C44H72N2O9. The first-order valence-electron chi connectivity index (χ1n) is 21.8. The Morgan fingerprint density at radius 2 is 1.45 bits per heavy atom. The van der Waals surface area contributed by atoms with Crippen molar-refractivity contribution >= 4 is 11.9 Å². The monoisotopic (exact) mass is 773 g/mol. The van der Waals surface area contributed by atoms with Gasteiger partial charge >= 0.3 is 11.9 Å². The van der Waals surface area contributed by atoms with E-state index in [4.69, 9.17) is 34.2 Å². The quantitative estimate of drug-likeness (QED) is 0.116. The molecule has 0 radical (unpaired) electrons. The van der Waals surface area contributed by atoms with E-state index in [1.807, 2.05) is 13.8 Å². The van der Waals surface area contributed by atoms with Gasteiger partial charge in [-0.1, -0.05) is 18.6 Å². The summed E-state index contributed by atoms with van der Waals surface area (Å²) in [5.41, 5.74) is 5.23. The van der Waals surface area contributed by atoms with Gasteiger partial charge in [0, 0.05) is 50.4 Å². The van der Waals surface area contributed by atoms with E-state index in [1.54, 1.807) is 7.11 Å². The highest BCUT2D eigenvalue weighted by Crippen LogP contribution is 2.61. The normalized spacial score (nSPS) is 47.8. The van der Waals surface area contributed by atoms with Crippen LogP contribution in [0.15, 0.2) is 11.6 Å². The summed E-state index contributed by atoms with van der Waals surface area (Å²) in [5.74, 6) is 0.384. The van der Waals surface area contributed by atoms with Crippen LogP contribution in [0.5, 0.6) is 0 Å². The number of ether oxygens (including phenoxy) is 6. The molecule has 3 heterocycles. The Balaban J connectivity index is 0.886. The number of allylic oxidation sites excluding steroid dienone is 1. The number of esters is 2. The number of carbonyl (C=O) groups is 2. The van der Waals surface area contributed by atoms with Gasteiger partial charge in [-0.25, -0.2) is 0 Å². The number of hydrogen-bond acceptors (Lipinski definition) is 11. The number of carbonyl (C=O) groups excluding carboxylic acids is 2. The minimum Gasteiger partial charge on any atom is -0.462 e. The van der Waals surface area contributed by atoms with Gasteiger partial charge in [0.05, 0.1) is 47.1 Å². The molecule has 0 aromatic rings. The molecule has 55 heavy (non-hydrogen) atoms. The highest BCUT2D eigenvalue weighted by Gasteiger charge is 2.71. The fraction of sp³-hybridized carbons (Fsp3) is 0.909. The third-order valence-corrected chi connectivity index (χ3v) is 15.5. The first-order valence-corrected chi connectivity index (χ1v) is 21.8. The maximum Gasteiger partial charge on any atom is 0.306 e. The SMILES string of the molecule is COC1C(OC(=O)CC2CCC(N)CC2)CCC2(CNC3CCC(CC(=O)OC4CC[C@]5(CO5)C(C5(C)O[C@@H]5CC=C(C)C)C4C)CC3)OC(C)C(C)(O)C12. The second-order valence-electron chi connectivity index (χ2n) is 19.6. The number of nitrogens with two attached hydrogens (primary N) is 1. The summed E-state index contributed by atoms with van der Waals surface area (Å²) in [7, 11) is 1.65. The summed E-state index contributed by atoms with van der Waals surface area (Å²) in [5, 5.41) is 15.7. The predicted octanol–water partition coefficient (Wildman–Crippen LogP) is 5.92. The Kier molecular flexibility index (Phi) is 12.3. The van der Waals surface area contributed by atoms with Crippen LogP contribution < -0.4 is 11.1 Å². The van der Waals surface area contributed by atoms with E-state index < -0.39 is 29.5 Å². The molecule has 0 aromatic carbocycles. The van der Waals surface area contributed by atoms with E-state index in [0.29, 0.717) is 50.1 Å². The van der Waals surface area contributed by atoms with E-state index in [-0.39, 0.29) is 59.1 Å². The predicted molar refractivity (Wildman–Crippen MR) is 208 cm³/mol. The molecule has 7 rings (SSSR count). The molecule has 11 heteroatoms. The van der Waals surface area contributed by atoms with Crippen molar-refractivity contribution in [2.45, 2.75) is 203 Å². The zero-order chi connectivity index (χ0) is 39.3. The highest BCUT2D eigenvalue weighted by atomic mass is 16.6. The van der Waals surface area contributed by atoms with Gasteiger partial charge in [0.2, 0.25) is 0 Å². The molecule has 4 N–H and O–H groups in total. The Hall–Kier alpha value is -1.60. The second kappa shape index (κ2) is 16.2. The van der Waals surface area contributed by atoms with Crippen LogP contribution in [0.2, 0.25) is 0 Å². The van der Waals surface area contributed by atoms with Crippen LogP contribution in [0.3, 0.4) is 0 Å². The maximum absolute atomic E-state index is 13.4. The van der Waals surface area contributed by atoms with Gasteiger partial charge in [-0.05, 0) is 130 Å². The molecule has 0 aromatic heterocycles. The minimum atomic E-state index is -1.15. The van der Waals surface area contributed by atoms with Gasteiger partial charge in [-0.15, -0.1) is 0 Å². The fourth-order valence-corrected chi connectivity index (χ4v) is 12.1. The van der Waals surface area contributed by atoms with E-state index in [2.05, 4.69) is 39.1 Å². The third-order valence-electron chi connectivity index (χ3n) is 15.5. The van der Waals surface area contributed by atoms with Crippen molar-refractivity contribution < 1.29 is 43.1 Å². The first kappa shape index (κ1) is 41.6. The first-order chi connectivity index (χ1) is 26.1. The molecule has 7 fully saturated rings. The molecule has 7 aliphatic rings. The van der Waals surface area contributed by atoms with Gasteiger partial charge in [0.15, 0.2) is 0 Å². The molecule has 4 aliphatic carbocycles. The van der Waals surface area contributed by atoms with E-state index in [0.717, 1.165) is 77.2 Å². The average molecular weight is 773 g/mol. The topological polar surface area (TPSA) is 154 Å². The Bertz CT molecular complexity index is 1400. The number of epoxide rings is 2. The summed E-state index contributed by atoms with van der Waals surface area (Å²) in [4.78, 5) is 26.5. The van der Waals surface area contributed by atoms with Gasteiger partial charge < -0.3 is 44.6 Å². The number of nitrogens with one attached hydrogen (secondary N) is 1. The molecule has 0 bridgehead atoms. The minimum absolute atomic E-state index is 0.0778. The van der Waals surface area contributed by atoms with Crippen molar-refractivity contribution in [1.29, 1.82) is 0 Å². The number of methoxy groups -OCH3 is 1. The summed E-state index contributed by atoms with van der Waals surface area (Å²) in [6, 6.07) is 0.531. The zero-order valence-electron chi connectivity index (χ0n) is 34.8. The molecule has 12 atom stereocenters. The van der Waals surface area contributed by atoms with E-state index in [9.17, 15) is 14.7 Å². The molecule has 10 unspecified atom stereocenters. The molecule has 3 saturated heterocycles. The highest BCUT2D eigenvalue weighted by molar-refractivity contribution is 5.70. The molecular weight excluding hydrogens is 700 g/mol.